The molecule has 0 heterocycles. The second kappa shape index (κ2) is 4.87. The third-order valence-corrected chi connectivity index (χ3v) is 3.22. The number of carbonyl (C=O) groups is 1. The van der Waals surface area contributed by atoms with Crippen LogP contribution in [0.25, 0.3) is 0 Å². The maximum Gasteiger partial charge on any atom is 0.304 e. The Hall–Kier alpha value is -1.03. The van der Waals surface area contributed by atoms with Crippen LogP contribution < -0.4 is 0 Å². The zero-order valence-corrected chi connectivity index (χ0v) is 10.4. The molecule has 1 rings (SSSR count). The fraction of sp³-hybridized carbons (Fsp3) is 0.417. The van der Waals surface area contributed by atoms with Gasteiger partial charge in [0.2, 0.25) is 0 Å². The monoisotopic (exact) mass is 242 g/mol. The highest BCUT2D eigenvalue weighted by Crippen LogP contribution is 2.31. The normalized spacial score (nSPS) is 11.5. The molecule has 0 atom stereocenters. The lowest BCUT2D eigenvalue weighted by Crippen LogP contribution is -2.23. The molecule has 0 radical (unpaired) electrons. The second-order valence-electron chi connectivity index (χ2n) is 4.30. The molecule has 0 aliphatic rings. The molecule has 0 bridgehead atoms. The first-order chi connectivity index (χ1) is 7.36. The molecule has 0 unspecified atom stereocenters. The quantitative estimate of drug-likeness (QED) is 0.823. The summed E-state index contributed by atoms with van der Waals surface area (Å²) in [6.45, 7) is 3.48. The Bertz CT molecular complexity index is 402. The van der Waals surface area contributed by atoms with Crippen molar-refractivity contribution in [1.29, 1.82) is 0 Å². The molecule has 0 amide bonds. The molecule has 0 saturated heterocycles. The van der Waals surface area contributed by atoms with E-state index >= 15 is 0 Å². The molecule has 16 heavy (non-hydrogen) atoms. The van der Waals surface area contributed by atoms with E-state index in [0.29, 0.717) is 5.56 Å². The van der Waals surface area contributed by atoms with Crippen LogP contribution in [0.2, 0.25) is 0 Å². The largest absolute Gasteiger partial charge is 0.481 e. The molecule has 1 aromatic carbocycles. The smallest absolute Gasteiger partial charge is 0.304 e. The van der Waals surface area contributed by atoms with E-state index in [1.807, 2.05) is 6.26 Å². The highest BCUT2D eigenvalue weighted by molar-refractivity contribution is 7.98. The van der Waals surface area contributed by atoms with Crippen molar-refractivity contribution < 1.29 is 14.3 Å². The molecule has 0 aliphatic carbocycles. The number of rotatable bonds is 4. The Labute approximate surface area is 98.9 Å². The number of hydrogen-bond acceptors (Lipinski definition) is 2. The number of carboxylic acid groups (broad SMARTS) is 1. The first kappa shape index (κ1) is 13.0. The summed E-state index contributed by atoms with van der Waals surface area (Å²) in [7, 11) is 0. The summed E-state index contributed by atoms with van der Waals surface area (Å²) in [5.41, 5.74) is -0.233. The zero-order valence-electron chi connectivity index (χ0n) is 9.58. The van der Waals surface area contributed by atoms with Crippen molar-refractivity contribution in [1.82, 2.24) is 0 Å². The van der Waals surface area contributed by atoms with E-state index in [2.05, 4.69) is 0 Å². The predicted octanol–water partition coefficient (Wildman–Crippen LogP) is 3.30. The van der Waals surface area contributed by atoms with E-state index in [1.165, 1.54) is 17.8 Å². The summed E-state index contributed by atoms with van der Waals surface area (Å²) in [4.78, 5) is 11.7. The second-order valence-corrected chi connectivity index (χ2v) is 5.18. The summed E-state index contributed by atoms with van der Waals surface area (Å²) in [5, 5.41) is 8.80. The van der Waals surface area contributed by atoms with Crippen LogP contribution in [0.1, 0.15) is 25.8 Å². The van der Waals surface area contributed by atoms with E-state index < -0.39 is 11.4 Å². The SMILES string of the molecule is CSc1ccc(F)c(C(C)(C)CC(=O)O)c1. The minimum Gasteiger partial charge on any atom is -0.481 e. The van der Waals surface area contributed by atoms with Crippen LogP contribution in [0.15, 0.2) is 23.1 Å². The van der Waals surface area contributed by atoms with Crippen LogP contribution >= 0.6 is 11.8 Å². The van der Waals surface area contributed by atoms with Crippen molar-refractivity contribution in [3.8, 4) is 0 Å². The van der Waals surface area contributed by atoms with Crippen molar-refractivity contribution in [3.05, 3.63) is 29.6 Å². The third-order valence-electron chi connectivity index (χ3n) is 2.50. The number of carboxylic acids is 1. The number of aliphatic carboxylic acids is 1. The molecular formula is C12H15FO2S. The Morgan fingerprint density at radius 2 is 2.12 bits per heavy atom. The Kier molecular flexibility index (Phi) is 3.97. The Morgan fingerprint density at radius 3 is 2.62 bits per heavy atom. The van der Waals surface area contributed by atoms with Crippen molar-refractivity contribution in [3.63, 3.8) is 0 Å². The summed E-state index contributed by atoms with van der Waals surface area (Å²) >= 11 is 1.51. The fourth-order valence-electron chi connectivity index (χ4n) is 1.62. The van der Waals surface area contributed by atoms with Gasteiger partial charge in [0.05, 0.1) is 6.42 Å². The zero-order chi connectivity index (χ0) is 12.3. The molecule has 0 aliphatic heterocycles. The van der Waals surface area contributed by atoms with E-state index in [1.54, 1.807) is 26.0 Å². The van der Waals surface area contributed by atoms with E-state index in [-0.39, 0.29) is 12.2 Å². The van der Waals surface area contributed by atoms with Gasteiger partial charge in [-0.3, -0.25) is 4.79 Å². The summed E-state index contributed by atoms with van der Waals surface area (Å²) in [5.74, 6) is -1.26. The maximum atomic E-state index is 13.6. The summed E-state index contributed by atoms with van der Waals surface area (Å²) < 4.78 is 13.6. The van der Waals surface area contributed by atoms with Gasteiger partial charge in [-0.2, -0.15) is 0 Å². The van der Waals surface area contributed by atoms with Gasteiger partial charge in [0.15, 0.2) is 0 Å². The lowest BCUT2D eigenvalue weighted by Gasteiger charge is -2.24. The Morgan fingerprint density at radius 1 is 1.50 bits per heavy atom. The number of hydrogen-bond donors (Lipinski definition) is 1. The average molecular weight is 242 g/mol. The standard InChI is InChI=1S/C12H15FO2S/c1-12(2,7-11(14)15)9-6-8(16-3)4-5-10(9)13/h4-6H,7H2,1-3H3,(H,14,15). The first-order valence-corrected chi connectivity index (χ1v) is 6.15. The van der Waals surface area contributed by atoms with Crippen molar-refractivity contribution in [2.24, 2.45) is 0 Å². The first-order valence-electron chi connectivity index (χ1n) is 4.92. The lowest BCUT2D eigenvalue weighted by molar-refractivity contribution is -0.138. The van der Waals surface area contributed by atoms with Gasteiger partial charge in [-0.25, -0.2) is 4.39 Å². The van der Waals surface area contributed by atoms with Crippen LogP contribution in [-0.4, -0.2) is 17.3 Å². The van der Waals surface area contributed by atoms with Crippen LogP contribution in [0.3, 0.4) is 0 Å². The lowest BCUT2D eigenvalue weighted by atomic mass is 9.81. The topological polar surface area (TPSA) is 37.3 Å². The summed E-state index contributed by atoms with van der Waals surface area (Å²) in [6.07, 6.45) is 1.82. The van der Waals surface area contributed by atoms with Crippen LogP contribution in [-0.2, 0) is 10.2 Å². The van der Waals surface area contributed by atoms with E-state index in [0.717, 1.165) is 4.90 Å². The number of thioether (sulfide) groups is 1. The van der Waals surface area contributed by atoms with Crippen LogP contribution in [0.4, 0.5) is 4.39 Å². The molecule has 0 aromatic heterocycles. The molecule has 1 aromatic rings. The number of halogens is 1. The highest BCUT2D eigenvalue weighted by Gasteiger charge is 2.27. The minimum absolute atomic E-state index is 0.0816. The molecule has 0 saturated carbocycles. The van der Waals surface area contributed by atoms with Crippen molar-refractivity contribution >= 4 is 17.7 Å². The van der Waals surface area contributed by atoms with Gasteiger partial charge in [0, 0.05) is 10.3 Å². The van der Waals surface area contributed by atoms with Gasteiger partial charge in [-0.05, 0) is 30.0 Å². The van der Waals surface area contributed by atoms with Crippen LogP contribution in [0, 0.1) is 5.82 Å². The highest BCUT2D eigenvalue weighted by atomic mass is 32.2. The average Bonchev–Trinajstić information content (AvgIpc) is 2.16. The predicted molar refractivity (Wildman–Crippen MR) is 63.5 cm³/mol. The molecule has 2 nitrogen and oxygen atoms in total. The van der Waals surface area contributed by atoms with Crippen LogP contribution in [0.5, 0.6) is 0 Å². The molecule has 1 N–H and O–H groups in total. The van der Waals surface area contributed by atoms with Crippen molar-refractivity contribution in [2.45, 2.75) is 30.6 Å². The molecule has 0 fully saturated rings. The molecule has 88 valence electrons. The minimum atomic E-state index is -0.918. The molecule has 0 spiro atoms. The Balaban J connectivity index is 3.14. The van der Waals surface area contributed by atoms with Gasteiger partial charge in [-0.15, -0.1) is 11.8 Å². The molecular weight excluding hydrogens is 227 g/mol. The van der Waals surface area contributed by atoms with Gasteiger partial charge < -0.3 is 5.11 Å². The molecule has 4 heteroatoms. The fourth-order valence-corrected chi connectivity index (χ4v) is 2.06. The number of benzene rings is 1. The van der Waals surface area contributed by atoms with E-state index in [9.17, 15) is 9.18 Å². The van der Waals surface area contributed by atoms with Gasteiger partial charge in [-0.1, -0.05) is 13.8 Å². The third kappa shape index (κ3) is 2.98. The van der Waals surface area contributed by atoms with Gasteiger partial charge in [0.1, 0.15) is 5.82 Å². The maximum absolute atomic E-state index is 13.6. The van der Waals surface area contributed by atoms with Gasteiger partial charge >= 0.3 is 5.97 Å². The van der Waals surface area contributed by atoms with E-state index in [4.69, 9.17) is 5.11 Å². The summed E-state index contributed by atoms with van der Waals surface area (Å²) in [6, 6.07) is 4.81. The van der Waals surface area contributed by atoms with Gasteiger partial charge in [0.25, 0.3) is 0 Å². The van der Waals surface area contributed by atoms with Crippen molar-refractivity contribution in [2.75, 3.05) is 6.26 Å².